The van der Waals surface area contributed by atoms with Gasteiger partial charge in [-0.1, -0.05) is 12.1 Å². The van der Waals surface area contributed by atoms with Crippen molar-refractivity contribution in [2.45, 2.75) is 26.8 Å². The van der Waals surface area contributed by atoms with Crippen LogP contribution in [0.3, 0.4) is 0 Å². The van der Waals surface area contributed by atoms with Crippen molar-refractivity contribution in [3.8, 4) is 0 Å². The molecule has 4 N–H and O–H groups in total. The van der Waals surface area contributed by atoms with E-state index >= 15 is 0 Å². The van der Waals surface area contributed by atoms with Gasteiger partial charge < -0.3 is 16.3 Å². The van der Waals surface area contributed by atoms with Crippen LogP contribution in [0.25, 0.3) is 0 Å². The maximum Gasteiger partial charge on any atom is 0.230 e. The van der Waals surface area contributed by atoms with E-state index in [1.54, 1.807) is 11.6 Å². The van der Waals surface area contributed by atoms with E-state index in [2.05, 4.69) is 15.6 Å². The quantitative estimate of drug-likeness (QED) is 0.297. The second-order valence-electron chi connectivity index (χ2n) is 4.09. The summed E-state index contributed by atoms with van der Waals surface area (Å²) in [6, 6.07) is 0. The molecular weight excluding hydrogens is 234 g/mol. The average molecular weight is 253 g/mol. The maximum atomic E-state index is 11.7. The van der Waals surface area contributed by atoms with Crippen LogP contribution in [0.1, 0.15) is 25.1 Å². The van der Waals surface area contributed by atoms with E-state index < -0.39 is 5.92 Å². The van der Waals surface area contributed by atoms with Crippen LogP contribution in [0.2, 0.25) is 0 Å². The molecule has 0 bridgehead atoms. The van der Waals surface area contributed by atoms with Crippen molar-refractivity contribution in [1.82, 2.24) is 15.1 Å². The molecule has 18 heavy (non-hydrogen) atoms. The zero-order valence-electron chi connectivity index (χ0n) is 10.8. The lowest BCUT2D eigenvalue weighted by atomic mass is 10.1. The molecule has 1 aromatic heterocycles. The van der Waals surface area contributed by atoms with Crippen molar-refractivity contribution < 1.29 is 10.0 Å². The lowest BCUT2D eigenvalue weighted by Gasteiger charge is -2.10. The summed E-state index contributed by atoms with van der Waals surface area (Å²) in [6.45, 7) is 3.97. The molecule has 0 spiro atoms. The molecule has 100 valence electrons. The van der Waals surface area contributed by atoms with Gasteiger partial charge in [0.1, 0.15) is 0 Å². The van der Waals surface area contributed by atoms with E-state index in [0.29, 0.717) is 6.54 Å². The number of oxime groups is 1. The van der Waals surface area contributed by atoms with Crippen LogP contribution in [0.15, 0.2) is 11.4 Å². The summed E-state index contributed by atoms with van der Waals surface area (Å²) in [5, 5.41) is 18.3. The van der Waals surface area contributed by atoms with Crippen molar-refractivity contribution >= 4 is 11.7 Å². The molecule has 1 aromatic rings. The first-order chi connectivity index (χ1) is 8.49. The third-order valence-electron chi connectivity index (χ3n) is 2.73. The second-order valence-corrected chi connectivity index (χ2v) is 4.09. The number of hydrogen-bond donors (Lipinski definition) is 3. The highest BCUT2D eigenvalue weighted by atomic mass is 16.4. The number of carbonyl (C=O) groups is 1. The van der Waals surface area contributed by atoms with Gasteiger partial charge >= 0.3 is 0 Å². The Kier molecular flexibility index (Phi) is 4.70. The summed E-state index contributed by atoms with van der Waals surface area (Å²) in [7, 11) is 1.84. The maximum absolute atomic E-state index is 11.7. The number of hydrogen-bond acceptors (Lipinski definition) is 4. The number of nitrogens with two attached hydrogens (primary N) is 1. The minimum atomic E-state index is -0.656. The van der Waals surface area contributed by atoms with Gasteiger partial charge in [-0.15, -0.1) is 0 Å². The van der Waals surface area contributed by atoms with Crippen LogP contribution >= 0.6 is 0 Å². The van der Waals surface area contributed by atoms with Gasteiger partial charge in [0.25, 0.3) is 0 Å². The predicted octanol–water partition coefficient (Wildman–Crippen LogP) is -0.0188. The van der Waals surface area contributed by atoms with Gasteiger partial charge in [-0.25, -0.2) is 0 Å². The summed E-state index contributed by atoms with van der Waals surface area (Å²) in [5.74, 6) is -1.04. The smallest absolute Gasteiger partial charge is 0.230 e. The summed E-state index contributed by atoms with van der Waals surface area (Å²) in [6.07, 6.45) is 2.68. The van der Waals surface area contributed by atoms with Crippen LogP contribution in [0.4, 0.5) is 0 Å². The van der Waals surface area contributed by atoms with Gasteiger partial charge in [0, 0.05) is 25.4 Å². The Morgan fingerprint density at radius 2 is 2.39 bits per heavy atom. The van der Waals surface area contributed by atoms with Crippen molar-refractivity contribution in [2.24, 2.45) is 23.9 Å². The third-order valence-corrected chi connectivity index (χ3v) is 2.73. The molecule has 7 nitrogen and oxygen atoms in total. The standard InChI is InChI=1S/C11H19N5O2/c1-4-9-8(6-16(3)14-9)5-13-11(17)7(2)10(12)15-18/h6-7,18H,4-5H2,1-3H3,(H2,12,15)(H,13,17). The van der Waals surface area contributed by atoms with Gasteiger partial charge in [0.05, 0.1) is 11.6 Å². The monoisotopic (exact) mass is 253 g/mol. The lowest BCUT2D eigenvalue weighted by molar-refractivity contribution is -0.122. The highest BCUT2D eigenvalue weighted by molar-refractivity contribution is 6.01. The number of nitrogens with zero attached hydrogens (tertiary/aromatic N) is 3. The predicted molar refractivity (Wildman–Crippen MR) is 67.0 cm³/mol. The Labute approximate surface area is 106 Å². The number of rotatable bonds is 5. The molecule has 1 heterocycles. The van der Waals surface area contributed by atoms with Crippen molar-refractivity contribution in [3.63, 3.8) is 0 Å². The number of aryl methyl sites for hydroxylation is 2. The van der Waals surface area contributed by atoms with Gasteiger partial charge in [-0.05, 0) is 13.3 Å². The Bertz CT molecular complexity index is 452. The van der Waals surface area contributed by atoms with E-state index in [0.717, 1.165) is 17.7 Å². The molecule has 0 saturated carbocycles. The first-order valence-corrected chi connectivity index (χ1v) is 5.76. The van der Waals surface area contributed by atoms with Gasteiger partial charge in [0.2, 0.25) is 5.91 Å². The number of aromatic nitrogens is 2. The zero-order valence-corrected chi connectivity index (χ0v) is 10.8. The number of amidine groups is 1. The van der Waals surface area contributed by atoms with Crippen LogP contribution in [0, 0.1) is 5.92 Å². The van der Waals surface area contributed by atoms with Crippen molar-refractivity contribution in [2.75, 3.05) is 0 Å². The number of amides is 1. The SMILES string of the molecule is CCc1nn(C)cc1CNC(=O)C(C)/C(N)=N/O. The summed E-state index contributed by atoms with van der Waals surface area (Å²) in [4.78, 5) is 11.7. The minimum absolute atomic E-state index is 0.102. The van der Waals surface area contributed by atoms with Crippen molar-refractivity contribution in [3.05, 3.63) is 17.5 Å². The molecule has 1 unspecified atom stereocenters. The summed E-state index contributed by atoms with van der Waals surface area (Å²) < 4.78 is 1.72. The summed E-state index contributed by atoms with van der Waals surface area (Å²) in [5.41, 5.74) is 7.29. The largest absolute Gasteiger partial charge is 0.409 e. The van der Waals surface area contributed by atoms with Gasteiger partial charge in [-0.3, -0.25) is 9.48 Å². The van der Waals surface area contributed by atoms with E-state index in [4.69, 9.17) is 10.9 Å². The fraction of sp³-hybridized carbons (Fsp3) is 0.545. The van der Waals surface area contributed by atoms with Crippen LogP contribution in [-0.4, -0.2) is 26.7 Å². The van der Waals surface area contributed by atoms with E-state index in [-0.39, 0.29) is 11.7 Å². The highest BCUT2D eigenvalue weighted by Gasteiger charge is 2.17. The molecule has 0 aliphatic carbocycles. The molecule has 0 aliphatic heterocycles. The lowest BCUT2D eigenvalue weighted by Crippen LogP contribution is -2.36. The number of nitrogens with one attached hydrogen (secondary N) is 1. The van der Waals surface area contributed by atoms with E-state index in [1.807, 2.05) is 20.2 Å². The van der Waals surface area contributed by atoms with E-state index in [1.165, 1.54) is 0 Å². The number of carbonyl (C=O) groups excluding carboxylic acids is 1. The molecular formula is C11H19N5O2. The van der Waals surface area contributed by atoms with Gasteiger partial charge in [0.15, 0.2) is 5.84 Å². The normalized spacial score (nSPS) is 13.4. The van der Waals surface area contributed by atoms with Crippen LogP contribution < -0.4 is 11.1 Å². The molecule has 0 radical (unpaired) electrons. The van der Waals surface area contributed by atoms with Crippen LogP contribution in [-0.2, 0) is 24.8 Å². The molecule has 7 heteroatoms. The van der Waals surface area contributed by atoms with Crippen molar-refractivity contribution in [1.29, 1.82) is 0 Å². The molecule has 0 fully saturated rings. The Hall–Kier alpha value is -2.05. The third kappa shape index (κ3) is 3.22. The Morgan fingerprint density at radius 1 is 1.72 bits per heavy atom. The zero-order chi connectivity index (χ0) is 13.7. The highest BCUT2D eigenvalue weighted by Crippen LogP contribution is 2.07. The fourth-order valence-corrected chi connectivity index (χ4v) is 1.59. The van der Waals surface area contributed by atoms with Crippen LogP contribution in [0.5, 0.6) is 0 Å². The van der Waals surface area contributed by atoms with E-state index in [9.17, 15) is 4.79 Å². The average Bonchev–Trinajstić information content (AvgIpc) is 2.74. The Balaban J connectivity index is 2.62. The van der Waals surface area contributed by atoms with Gasteiger partial charge in [-0.2, -0.15) is 5.10 Å². The topological polar surface area (TPSA) is 106 Å². The molecule has 1 rings (SSSR count). The molecule has 0 saturated heterocycles. The molecule has 0 aromatic carbocycles. The molecule has 1 atom stereocenters. The first-order valence-electron chi connectivity index (χ1n) is 5.76. The molecule has 0 aliphatic rings. The second kappa shape index (κ2) is 6.04. The summed E-state index contributed by atoms with van der Waals surface area (Å²) >= 11 is 0. The minimum Gasteiger partial charge on any atom is -0.409 e. The fourth-order valence-electron chi connectivity index (χ4n) is 1.59. The first kappa shape index (κ1) is 14.0. The molecule has 1 amide bonds. The Morgan fingerprint density at radius 3 is 2.94 bits per heavy atom.